The van der Waals surface area contributed by atoms with Crippen LogP contribution < -0.4 is 4.90 Å². The monoisotopic (exact) mass is 419 g/mol. The molecule has 1 aliphatic heterocycles. The summed E-state index contributed by atoms with van der Waals surface area (Å²) in [5.41, 5.74) is 0.971. The van der Waals surface area contributed by atoms with Gasteiger partial charge in [-0.25, -0.2) is 19.5 Å². The van der Waals surface area contributed by atoms with Crippen molar-refractivity contribution in [3.63, 3.8) is 0 Å². The number of amides is 3. The normalized spacial score (nSPS) is 14.5. The number of ether oxygens (including phenoxy) is 1. The molecule has 2 aromatic rings. The van der Waals surface area contributed by atoms with E-state index < -0.39 is 17.7 Å². The SMILES string of the molecule is Cc1ccc2c(n1)N(Cc1ccc(Cl)cc1)C(=O)N(C(=O)OC(C)(C)C)CS2. The first-order valence-corrected chi connectivity index (χ1v) is 10.2. The minimum absolute atomic E-state index is 0.155. The van der Waals surface area contributed by atoms with Crippen LogP contribution in [0.5, 0.6) is 0 Å². The maximum absolute atomic E-state index is 13.3. The third-order valence-electron chi connectivity index (χ3n) is 3.91. The zero-order chi connectivity index (χ0) is 20.5. The fraction of sp³-hybridized carbons (Fsp3) is 0.350. The molecule has 1 aromatic carbocycles. The molecule has 2 heterocycles. The van der Waals surface area contributed by atoms with Crippen LogP contribution in [-0.2, 0) is 11.3 Å². The van der Waals surface area contributed by atoms with Crippen molar-refractivity contribution in [1.29, 1.82) is 0 Å². The highest BCUT2D eigenvalue weighted by atomic mass is 35.5. The number of anilines is 1. The molecule has 28 heavy (non-hydrogen) atoms. The Balaban J connectivity index is 1.98. The van der Waals surface area contributed by atoms with Gasteiger partial charge in [0.15, 0.2) is 5.82 Å². The Bertz CT molecular complexity index is 897. The van der Waals surface area contributed by atoms with Crippen LogP contribution in [0.15, 0.2) is 41.3 Å². The van der Waals surface area contributed by atoms with Gasteiger partial charge in [-0.3, -0.25) is 4.90 Å². The Hall–Kier alpha value is -2.25. The number of imide groups is 1. The standard InChI is InChI=1S/C20H22ClN3O3S/c1-13-5-10-16-17(22-13)23(11-14-6-8-15(21)9-7-14)18(25)24(12-28-16)19(26)27-20(2,3)4/h5-10H,11-12H2,1-4H3. The second kappa shape index (κ2) is 8.01. The maximum atomic E-state index is 13.3. The second-order valence-electron chi connectivity index (χ2n) is 7.45. The first-order chi connectivity index (χ1) is 13.1. The third-order valence-corrected chi connectivity index (χ3v) is 5.18. The molecule has 148 valence electrons. The highest BCUT2D eigenvalue weighted by molar-refractivity contribution is 7.99. The molecule has 0 radical (unpaired) electrons. The fourth-order valence-corrected chi connectivity index (χ4v) is 3.68. The summed E-state index contributed by atoms with van der Waals surface area (Å²) in [4.78, 5) is 34.0. The number of fused-ring (bicyclic) bond motifs is 1. The lowest BCUT2D eigenvalue weighted by atomic mass is 10.2. The van der Waals surface area contributed by atoms with Crippen molar-refractivity contribution in [2.24, 2.45) is 0 Å². The lowest BCUT2D eigenvalue weighted by Crippen LogP contribution is -2.47. The minimum atomic E-state index is -0.697. The quantitative estimate of drug-likeness (QED) is 0.645. The zero-order valence-corrected chi connectivity index (χ0v) is 17.8. The number of halogens is 1. The van der Waals surface area contributed by atoms with E-state index in [4.69, 9.17) is 16.3 Å². The number of hydrogen-bond donors (Lipinski definition) is 0. The largest absolute Gasteiger partial charge is 0.443 e. The first kappa shape index (κ1) is 20.5. The number of carbonyl (C=O) groups is 2. The lowest BCUT2D eigenvalue weighted by Gasteiger charge is -2.28. The van der Waals surface area contributed by atoms with Crippen molar-refractivity contribution in [1.82, 2.24) is 9.88 Å². The van der Waals surface area contributed by atoms with E-state index >= 15 is 0 Å². The van der Waals surface area contributed by atoms with Crippen molar-refractivity contribution >= 4 is 41.3 Å². The van der Waals surface area contributed by atoms with E-state index in [9.17, 15) is 9.59 Å². The van der Waals surface area contributed by atoms with Gasteiger partial charge in [-0.15, -0.1) is 0 Å². The number of carbonyl (C=O) groups excluding carboxylic acids is 2. The number of aromatic nitrogens is 1. The molecular weight excluding hydrogens is 398 g/mol. The number of thioether (sulfide) groups is 1. The molecular formula is C20H22ClN3O3S. The van der Waals surface area contributed by atoms with Gasteiger partial charge in [-0.05, 0) is 57.5 Å². The van der Waals surface area contributed by atoms with Gasteiger partial charge >= 0.3 is 12.1 Å². The number of aryl methyl sites for hydroxylation is 1. The van der Waals surface area contributed by atoms with Crippen molar-refractivity contribution in [3.8, 4) is 0 Å². The van der Waals surface area contributed by atoms with E-state index in [2.05, 4.69) is 4.98 Å². The van der Waals surface area contributed by atoms with Crippen LogP contribution in [0.2, 0.25) is 5.02 Å². The van der Waals surface area contributed by atoms with E-state index in [1.165, 1.54) is 16.7 Å². The predicted octanol–water partition coefficient (Wildman–Crippen LogP) is 5.47. The van der Waals surface area contributed by atoms with Gasteiger partial charge in [-0.1, -0.05) is 35.5 Å². The second-order valence-corrected chi connectivity index (χ2v) is 8.87. The number of rotatable bonds is 2. The molecule has 3 rings (SSSR count). The van der Waals surface area contributed by atoms with Crippen LogP contribution in [0, 0.1) is 6.92 Å². The van der Waals surface area contributed by atoms with Crippen molar-refractivity contribution in [3.05, 3.63) is 52.7 Å². The van der Waals surface area contributed by atoms with E-state index in [0.29, 0.717) is 10.8 Å². The van der Waals surface area contributed by atoms with Crippen molar-refractivity contribution in [2.75, 3.05) is 10.8 Å². The Morgan fingerprint density at radius 3 is 2.54 bits per heavy atom. The number of hydrogen-bond acceptors (Lipinski definition) is 5. The molecule has 0 saturated heterocycles. The van der Waals surface area contributed by atoms with Crippen molar-refractivity contribution < 1.29 is 14.3 Å². The molecule has 1 aromatic heterocycles. The van der Waals surface area contributed by atoms with Gasteiger partial charge in [0.05, 0.1) is 17.3 Å². The first-order valence-electron chi connectivity index (χ1n) is 8.81. The van der Waals surface area contributed by atoms with Crippen LogP contribution in [-0.4, -0.2) is 33.5 Å². The molecule has 0 N–H and O–H groups in total. The summed E-state index contributed by atoms with van der Waals surface area (Å²) < 4.78 is 5.43. The summed E-state index contributed by atoms with van der Waals surface area (Å²) in [6, 6.07) is 10.6. The van der Waals surface area contributed by atoms with Gasteiger partial charge in [0.2, 0.25) is 0 Å². The number of benzene rings is 1. The van der Waals surface area contributed by atoms with Crippen LogP contribution in [0.1, 0.15) is 32.0 Å². The molecule has 0 atom stereocenters. The Kier molecular flexibility index (Phi) is 5.86. The predicted molar refractivity (Wildman–Crippen MR) is 111 cm³/mol. The zero-order valence-electron chi connectivity index (χ0n) is 16.2. The number of urea groups is 1. The highest BCUT2D eigenvalue weighted by Crippen LogP contribution is 2.35. The van der Waals surface area contributed by atoms with Crippen LogP contribution in [0.4, 0.5) is 15.4 Å². The van der Waals surface area contributed by atoms with Gasteiger partial charge in [0, 0.05) is 10.7 Å². The Morgan fingerprint density at radius 1 is 1.21 bits per heavy atom. The fourth-order valence-electron chi connectivity index (χ4n) is 2.62. The Morgan fingerprint density at radius 2 is 1.89 bits per heavy atom. The van der Waals surface area contributed by atoms with E-state index in [0.717, 1.165) is 21.1 Å². The average Bonchev–Trinajstić information content (AvgIpc) is 2.73. The molecule has 0 bridgehead atoms. The Labute approximate surface area is 173 Å². The smallest absolute Gasteiger partial charge is 0.419 e. The van der Waals surface area contributed by atoms with Gasteiger partial charge in [0.25, 0.3) is 0 Å². The molecule has 0 fully saturated rings. The van der Waals surface area contributed by atoms with E-state index in [-0.39, 0.29) is 12.4 Å². The molecule has 6 nitrogen and oxygen atoms in total. The van der Waals surface area contributed by atoms with E-state index in [1.54, 1.807) is 32.9 Å². The van der Waals surface area contributed by atoms with Gasteiger partial charge in [0.1, 0.15) is 5.60 Å². The molecule has 8 heteroatoms. The van der Waals surface area contributed by atoms with E-state index in [1.807, 2.05) is 31.2 Å². The molecule has 1 aliphatic rings. The molecule has 0 spiro atoms. The summed E-state index contributed by atoms with van der Waals surface area (Å²) >= 11 is 7.35. The minimum Gasteiger partial charge on any atom is -0.443 e. The molecule has 0 unspecified atom stereocenters. The maximum Gasteiger partial charge on any atom is 0.419 e. The van der Waals surface area contributed by atoms with Crippen molar-refractivity contribution in [2.45, 2.75) is 44.7 Å². The van der Waals surface area contributed by atoms with Crippen LogP contribution in [0.25, 0.3) is 0 Å². The summed E-state index contributed by atoms with van der Waals surface area (Å²) in [5, 5.41) is 0.617. The summed E-state index contributed by atoms with van der Waals surface area (Å²) in [6.07, 6.45) is -0.671. The van der Waals surface area contributed by atoms with Gasteiger partial charge < -0.3 is 4.74 Å². The number of pyridine rings is 1. The summed E-state index contributed by atoms with van der Waals surface area (Å²) in [7, 11) is 0. The summed E-state index contributed by atoms with van der Waals surface area (Å²) in [6.45, 7) is 7.44. The lowest BCUT2D eigenvalue weighted by molar-refractivity contribution is 0.0356. The summed E-state index contributed by atoms with van der Waals surface area (Å²) in [5.74, 6) is 0.693. The highest BCUT2D eigenvalue weighted by Gasteiger charge is 2.35. The average molecular weight is 420 g/mol. The topological polar surface area (TPSA) is 62.7 Å². The number of nitrogens with zero attached hydrogens (tertiary/aromatic N) is 3. The van der Waals surface area contributed by atoms with Crippen LogP contribution in [0.3, 0.4) is 0 Å². The molecule has 0 saturated carbocycles. The van der Waals surface area contributed by atoms with Gasteiger partial charge in [-0.2, -0.15) is 0 Å². The molecule has 3 amide bonds. The van der Waals surface area contributed by atoms with Crippen LogP contribution >= 0.6 is 23.4 Å². The third kappa shape index (κ3) is 4.77. The molecule has 0 aliphatic carbocycles.